The number of ether oxygens (including phenoxy) is 1. The minimum absolute atomic E-state index is 0.000269. The van der Waals surface area contributed by atoms with Crippen LogP contribution in [0.25, 0.3) is 11.5 Å². The SMILES string of the molecule is COc1ccc(Cc2nccc(Nc3ccnc(-c4cccc(C)n4)n3)n2)cc1NC(=O)C1CCNCC1. The fourth-order valence-electron chi connectivity index (χ4n) is 4.37. The van der Waals surface area contributed by atoms with Gasteiger partial charge in [-0.3, -0.25) is 4.79 Å². The molecule has 38 heavy (non-hydrogen) atoms. The minimum atomic E-state index is -0.000269. The average molecular weight is 511 g/mol. The Morgan fingerprint density at radius 1 is 1.00 bits per heavy atom. The van der Waals surface area contributed by atoms with Gasteiger partial charge in [-0.05, 0) is 74.8 Å². The molecule has 1 saturated heterocycles. The molecule has 3 N–H and O–H groups in total. The second-order valence-corrected chi connectivity index (χ2v) is 9.14. The van der Waals surface area contributed by atoms with Crippen LogP contribution in [0.1, 0.15) is 29.9 Å². The van der Waals surface area contributed by atoms with Crippen LogP contribution in [-0.2, 0) is 11.2 Å². The van der Waals surface area contributed by atoms with E-state index >= 15 is 0 Å². The van der Waals surface area contributed by atoms with E-state index in [1.165, 1.54) is 0 Å². The van der Waals surface area contributed by atoms with Crippen molar-refractivity contribution in [3.8, 4) is 17.3 Å². The van der Waals surface area contributed by atoms with E-state index in [1.807, 2.05) is 43.3 Å². The number of rotatable bonds is 8. The fraction of sp³-hybridized carbons (Fsp3) is 0.286. The largest absolute Gasteiger partial charge is 0.495 e. The molecule has 10 nitrogen and oxygen atoms in total. The zero-order valence-corrected chi connectivity index (χ0v) is 21.4. The van der Waals surface area contributed by atoms with Crippen LogP contribution in [0.15, 0.2) is 60.9 Å². The molecule has 0 radical (unpaired) electrons. The molecule has 0 saturated carbocycles. The molecule has 1 aliphatic rings. The number of anilines is 3. The predicted molar refractivity (Wildman–Crippen MR) is 145 cm³/mol. The highest BCUT2D eigenvalue weighted by Gasteiger charge is 2.22. The highest BCUT2D eigenvalue weighted by Crippen LogP contribution is 2.28. The molecule has 1 aromatic carbocycles. The third-order valence-corrected chi connectivity index (χ3v) is 6.33. The quantitative estimate of drug-likeness (QED) is 0.323. The lowest BCUT2D eigenvalue weighted by Crippen LogP contribution is -2.34. The number of pyridine rings is 1. The maximum atomic E-state index is 12.8. The fourth-order valence-corrected chi connectivity index (χ4v) is 4.37. The van der Waals surface area contributed by atoms with Gasteiger partial charge in [-0.15, -0.1) is 0 Å². The molecule has 10 heteroatoms. The number of methoxy groups -OCH3 is 1. The summed E-state index contributed by atoms with van der Waals surface area (Å²) in [7, 11) is 1.60. The normalized spacial score (nSPS) is 13.6. The summed E-state index contributed by atoms with van der Waals surface area (Å²) in [6.45, 7) is 3.65. The van der Waals surface area contributed by atoms with E-state index in [-0.39, 0.29) is 11.8 Å². The van der Waals surface area contributed by atoms with Crippen molar-refractivity contribution in [2.45, 2.75) is 26.2 Å². The summed E-state index contributed by atoms with van der Waals surface area (Å²) in [5.74, 6) is 3.03. The third-order valence-electron chi connectivity index (χ3n) is 6.33. The molecule has 4 aromatic rings. The Morgan fingerprint density at radius 2 is 1.79 bits per heavy atom. The van der Waals surface area contributed by atoms with Crippen LogP contribution in [0.5, 0.6) is 5.75 Å². The lowest BCUT2D eigenvalue weighted by atomic mass is 9.97. The summed E-state index contributed by atoms with van der Waals surface area (Å²) in [5, 5.41) is 9.58. The van der Waals surface area contributed by atoms with Crippen molar-refractivity contribution >= 4 is 23.2 Å². The molecule has 194 valence electrons. The van der Waals surface area contributed by atoms with E-state index in [0.29, 0.717) is 46.8 Å². The van der Waals surface area contributed by atoms with Crippen LogP contribution >= 0.6 is 0 Å². The first-order valence-electron chi connectivity index (χ1n) is 12.6. The van der Waals surface area contributed by atoms with E-state index in [1.54, 1.807) is 31.6 Å². The number of aryl methyl sites for hydroxylation is 1. The Balaban J connectivity index is 1.30. The van der Waals surface area contributed by atoms with Gasteiger partial charge in [-0.1, -0.05) is 12.1 Å². The van der Waals surface area contributed by atoms with Gasteiger partial charge < -0.3 is 20.7 Å². The van der Waals surface area contributed by atoms with Crippen LogP contribution in [0.4, 0.5) is 17.3 Å². The summed E-state index contributed by atoms with van der Waals surface area (Å²) in [4.78, 5) is 35.3. The van der Waals surface area contributed by atoms with Crippen molar-refractivity contribution < 1.29 is 9.53 Å². The summed E-state index contributed by atoms with van der Waals surface area (Å²) >= 11 is 0. The van der Waals surface area contributed by atoms with Crippen LogP contribution < -0.4 is 20.7 Å². The van der Waals surface area contributed by atoms with E-state index in [0.717, 1.165) is 37.2 Å². The summed E-state index contributed by atoms with van der Waals surface area (Å²) in [6, 6.07) is 15.0. The van der Waals surface area contributed by atoms with Crippen molar-refractivity contribution in [2.75, 3.05) is 30.8 Å². The van der Waals surface area contributed by atoms with Crippen molar-refractivity contribution in [2.24, 2.45) is 5.92 Å². The number of carbonyl (C=O) groups is 1. The van der Waals surface area contributed by atoms with Gasteiger partial charge in [0.05, 0.1) is 12.8 Å². The summed E-state index contributed by atoms with van der Waals surface area (Å²) in [5.41, 5.74) is 3.22. The smallest absolute Gasteiger partial charge is 0.227 e. The second kappa shape index (κ2) is 11.7. The van der Waals surface area contributed by atoms with Gasteiger partial charge in [0.15, 0.2) is 5.82 Å². The third kappa shape index (κ3) is 6.27. The van der Waals surface area contributed by atoms with E-state index in [4.69, 9.17) is 4.74 Å². The molecule has 4 heterocycles. The molecule has 0 spiro atoms. The molecule has 5 rings (SSSR count). The summed E-state index contributed by atoms with van der Waals surface area (Å²) < 4.78 is 5.49. The number of aromatic nitrogens is 5. The Hall–Kier alpha value is -4.44. The molecule has 0 bridgehead atoms. The highest BCUT2D eigenvalue weighted by molar-refractivity contribution is 5.94. The number of amides is 1. The molecule has 0 unspecified atom stereocenters. The number of piperidine rings is 1. The Bertz CT molecular complexity index is 1420. The van der Waals surface area contributed by atoms with Crippen LogP contribution in [-0.4, -0.2) is 51.0 Å². The first-order chi connectivity index (χ1) is 18.6. The monoisotopic (exact) mass is 510 g/mol. The van der Waals surface area contributed by atoms with Gasteiger partial charge in [-0.2, -0.15) is 0 Å². The average Bonchev–Trinajstić information content (AvgIpc) is 2.94. The van der Waals surface area contributed by atoms with Gasteiger partial charge in [-0.25, -0.2) is 24.9 Å². The van der Waals surface area contributed by atoms with Crippen LogP contribution in [0, 0.1) is 12.8 Å². The molecule has 1 fully saturated rings. The number of carbonyl (C=O) groups excluding carboxylic acids is 1. The maximum Gasteiger partial charge on any atom is 0.227 e. The number of nitrogens with zero attached hydrogens (tertiary/aromatic N) is 5. The number of benzene rings is 1. The first-order valence-corrected chi connectivity index (χ1v) is 12.6. The van der Waals surface area contributed by atoms with E-state index in [9.17, 15) is 4.79 Å². The Labute approximate surface area is 221 Å². The van der Waals surface area contributed by atoms with Crippen molar-refractivity contribution in [3.63, 3.8) is 0 Å². The zero-order valence-electron chi connectivity index (χ0n) is 21.4. The summed E-state index contributed by atoms with van der Waals surface area (Å²) in [6.07, 6.45) is 5.54. The highest BCUT2D eigenvalue weighted by atomic mass is 16.5. The topological polar surface area (TPSA) is 127 Å². The lowest BCUT2D eigenvalue weighted by Gasteiger charge is -2.22. The maximum absolute atomic E-state index is 12.8. The molecular weight excluding hydrogens is 480 g/mol. The molecule has 1 amide bonds. The predicted octanol–water partition coefficient (Wildman–Crippen LogP) is 3.92. The van der Waals surface area contributed by atoms with Gasteiger partial charge in [0, 0.05) is 30.4 Å². The Kier molecular flexibility index (Phi) is 7.79. The van der Waals surface area contributed by atoms with Gasteiger partial charge >= 0.3 is 0 Å². The van der Waals surface area contributed by atoms with Crippen LogP contribution in [0.2, 0.25) is 0 Å². The lowest BCUT2D eigenvalue weighted by molar-refractivity contribution is -0.120. The first kappa shape index (κ1) is 25.2. The van der Waals surface area contributed by atoms with Crippen molar-refractivity contribution in [1.29, 1.82) is 0 Å². The van der Waals surface area contributed by atoms with E-state index < -0.39 is 0 Å². The molecule has 1 aliphatic heterocycles. The van der Waals surface area contributed by atoms with Crippen LogP contribution in [0.3, 0.4) is 0 Å². The minimum Gasteiger partial charge on any atom is -0.495 e. The molecule has 0 aliphatic carbocycles. The van der Waals surface area contributed by atoms with E-state index in [2.05, 4.69) is 40.9 Å². The number of nitrogens with one attached hydrogen (secondary N) is 3. The standard InChI is InChI=1S/C28H30N8O2/c1-18-4-3-5-21(32-18)27-31-15-11-25(36-27)34-24-10-14-30-26(35-24)17-19-6-7-23(38-2)22(16-19)33-28(37)20-8-12-29-13-9-20/h3-7,10-11,14-16,20,29H,8-9,12-13,17H2,1-2H3,(H,33,37)(H,30,31,34,35,36). The second-order valence-electron chi connectivity index (χ2n) is 9.14. The molecular formula is C28H30N8O2. The van der Waals surface area contributed by atoms with Gasteiger partial charge in [0.25, 0.3) is 0 Å². The molecule has 3 aromatic heterocycles. The number of hydrogen-bond acceptors (Lipinski definition) is 9. The molecule has 0 atom stereocenters. The van der Waals surface area contributed by atoms with Crippen molar-refractivity contribution in [3.05, 3.63) is 78.0 Å². The zero-order chi connectivity index (χ0) is 26.3. The number of hydrogen-bond donors (Lipinski definition) is 3. The Morgan fingerprint density at radius 3 is 2.58 bits per heavy atom. The van der Waals surface area contributed by atoms with Gasteiger partial charge in [0.2, 0.25) is 5.91 Å². The van der Waals surface area contributed by atoms with Gasteiger partial charge in [0.1, 0.15) is 28.9 Å². The van der Waals surface area contributed by atoms with Crippen molar-refractivity contribution in [1.82, 2.24) is 30.2 Å².